The van der Waals surface area contributed by atoms with E-state index in [2.05, 4.69) is 93.7 Å². The number of esters is 2. The minimum atomic E-state index is -0.546. The van der Waals surface area contributed by atoms with Crippen LogP contribution in [-0.4, -0.2) is 37.9 Å². The molecule has 0 aromatic heterocycles. The van der Waals surface area contributed by atoms with Crippen molar-refractivity contribution in [1.82, 2.24) is 0 Å². The fourth-order valence-electron chi connectivity index (χ4n) is 6.60. The zero-order valence-corrected chi connectivity index (χ0v) is 38.3. The molecule has 334 valence electrons. The largest absolute Gasteiger partial charge is 0.462 e. The van der Waals surface area contributed by atoms with Crippen molar-refractivity contribution < 1.29 is 23.8 Å². The first-order valence-electron chi connectivity index (χ1n) is 24.5. The van der Waals surface area contributed by atoms with E-state index in [1.165, 1.54) is 109 Å². The van der Waals surface area contributed by atoms with Crippen molar-refractivity contribution in [3.63, 3.8) is 0 Å². The maximum Gasteiger partial charge on any atom is 0.306 e. The molecule has 0 aromatic carbocycles. The summed E-state index contributed by atoms with van der Waals surface area (Å²) in [4.78, 5) is 25.2. The van der Waals surface area contributed by atoms with Crippen LogP contribution in [0.15, 0.2) is 72.9 Å². The monoisotopic (exact) mass is 809 g/mol. The maximum absolute atomic E-state index is 12.7. The smallest absolute Gasteiger partial charge is 0.306 e. The molecule has 0 aliphatic rings. The molecule has 0 amide bonds. The summed E-state index contributed by atoms with van der Waals surface area (Å²) < 4.78 is 17.3. The first-order chi connectivity index (χ1) is 28.6. The van der Waals surface area contributed by atoms with Gasteiger partial charge in [0.15, 0.2) is 6.10 Å². The van der Waals surface area contributed by atoms with Gasteiger partial charge in [-0.3, -0.25) is 9.59 Å². The summed E-state index contributed by atoms with van der Waals surface area (Å²) >= 11 is 0. The summed E-state index contributed by atoms with van der Waals surface area (Å²) in [7, 11) is 0. The number of carbonyl (C=O) groups excluding carboxylic acids is 2. The lowest BCUT2D eigenvalue weighted by Crippen LogP contribution is -2.30. The molecule has 0 bridgehead atoms. The average Bonchev–Trinajstić information content (AvgIpc) is 3.22. The first-order valence-corrected chi connectivity index (χ1v) is 24.5. The average molecular weight is 809 g/mol. The molecule has 0 aliphatic heterocycles. The van der Waals surface area contributed by atoms with Crippen LogP contribution >= 0.6 is 0 Å². The Kier molecular flexibility index (Phi) is 46.5. The van der Waals surface area contributed by atoms with Crippen LogP contribution in [0.4, 0.5) is 0 Å². The molecule has 0 aliphatic carbocycles. The highest BCUT2D eigenvalue weighted by Gasteiger charge is 2.17. The minimum absolute atomic E-state index is 0.0726. The zero-order valence-electron chi connectivity index (χ0n) is 38.3. The van der Waals surface area contributed by atoms with Gasteiger partial charge in [0, 0.05) is 19.4 Å². The molecular weight excluding hydrogens is 717 g/mol. The van der Waals surface area contributed by atoms with Gasteiger partial charge in [0.25, 0.3) is 0 Å². The van der Waals surface area contributed by atoms with E-state index in [1.807, 2.05) is 0 Å². The number of allylic oxidation sites excluding steroid dienone is 12. The Hall–Kier alpha value is -2.66. The maximum atomic E-state index is 12.7. The highest BCUT2D eigenvalue weighted by Crippen LogP contribution is 2.13. The molecule has 0 saturated heterocycles. The zero-order chi connectivity index (χ0) is 42.1. The van der Waals surface area contributed by atoms with Crippen LogP contribution in [0.2, 0.25) is 0 Å². The summed E-state index contributed by atoms with van der Waals surface area (Å²) in [6, 6.07) is 0. The Bertz CT molecular complexity index is 1050. The Balaban J connectivity index is 4.22. The van der Waals surface area contributed by atoms with Crippen molar-refractivity contribution in [3.8, 4) is 0 Å². The summed E-state index contributed by atoms with van der Waals surface area (Å²) in [5.41, 5.74) is 0. The van der Waals surface area contributed by atoms with Crippen molar-refractivity contribution in [2.24, 2.45) is 0 Å². The van der Waals surface area contributed by atoms with Gasteiger partial charge >= 0.3 is 11.9 Å². The van der Waals surface area contributed by atoms with Crippen LogP contribution in [-0.2, 0) is 23.8 Å². The van der Waals surface area contributed by atoms with E-state index >= 15 is 0 Å². The number of hydrogen-bond acceptors (Lipinski definition) is 5. The highest BCUT2D eigenvalue weighted by molar-refractivity contribution is 5.70. The predicted octanol–water partition coefficient (Wildman–Crippen LogP) is 16.3. The third-order valence-electron chi connectivity index (χ3n) is 10.2. The number of rotatable bonds is 44. The van der Waals surface area contributed by atoms with Crippen LogP contribution in [0.25, 0.3) is 0 Å². The highest BCUT2D eigenvalue weighted by atomic mass is 16.6. The molecule has 0 rings (SSSR count). The summed E-state index contributed by atoms with van der Waals surface area (Å²) in [6.45, 7) is 7.60. The van der Waals surface area contributed by atoms with E-state index in [1.54, 1.807) is 0 Å². The van der Waals surface area contributed by atoms with E-state index in [0.717, 1.165) is 83.5 Å². The molecule has 0 aromatic rings. The molecule has 0 heterocycles. The van der Waals surface area contributed by atoms with Crippen LogP contribution in [0.5, 0.6) is 0 Å². The van der Waals surface area contributed by atoms with E-state index in [-0.39, 0.29) is 25.2 Å². The van der Waals surface area contributed by atoms with Gasteiger partial charge < -0.3 is 14.2 Å². The molecule has 0 spiro atoms. The normalized spacial score (nSPS) is 12.8. The van der Waals surface area contributed by atoms with Crippen LogP contribution in [0, 0.1) is 0 Å². The molecule has 58 heavy (non-hydrogen) atoms. The molecule has 5 nitrogen and oxygen atoms in total. The Morgan fingerprint density at radius 3 is 1.31 bits per heavy atom. The molecule has 1 unspecified atom stereocenters. The quantitative estimate of drug-likeness (QED) is 0.0348. The lowest BCUT2D eigenvalue weighted by molar-refractivity contribution is -0.163. The third kappa shape index (κ3) is 46.0. The molecular formula is C53H92O5. The van der Waals surface area contributed by atoms with E-state index < -0.39 is 6.10 Å². The summed E-state index contributed by atoms with van der Waals surface area (Å²) in [5, 5.41) is 0. The second kappa shape index (κ2) is 48.7. The Morgan fingerprint density at radius 1 is 0.397 bits per heavy atom. The first kappa shape index (κ1) is 55.3. The lowest BCUT2D eigenvalue weighted by atomic mass is 10.1. The number of unbranched alkanes of at least 4 members (excludes halogenated alkanes) is 21. The summed E-state index contributed by atoms with van der Waals surface area (Å²) in [6.07, 6.45) is 61.9. The van der Waals surface area contributed by atoms with Crippen molar-refractivity contribution in [3.05, 3.63) is 72.9 Å². The molecule has 0 saturated carbocycles. The standard InChI is InChI=1S/C53H92O5/c1-4-7-10-13-16-19-21-23-24-25-26-27-28-29-31-33-36-39-42-45-48-56-49-51(58-53(55)47-44-41-38-34-18-15-12-9-6-3)50-57-52(54)46-43-40-37-35-32-30-22-20-17-14-11-8-5-2/h7,10-11,14,16,19-20,22-24,26-27,51H,4-6,8-9,12-13,15,17-18,21,25,28-50H2,1-3H3/b10-7-,14-11-,19-16-,22-20-,24-23-,27-26-. The Morgan fingerprint density at radius 2 is 0.810 bits per heavy atom. The van der Waals surface area contributed by atoms with Gasteiger partial charge in [-0.25, -0.2) is 0 Å². The fraction of sp³-hybridized carbons (Fsp3) is 0.736. The number of ether oxygens (including phenoxy) is 3. The van der Waals surface area contributed by atoms with E-state index in [0.29, 0.717) is 19.4 Å². The van der Waals surface area contributed by atoms with Gasteiger partial charge in [0.2, 0.25) is 0 Å². The molecule has 0 fully saturated rings. The van der Waals surface area contributed by atoms with Crippen molar-refractivity contribution in [1.29, 1.82) is 0 Å². The van der Waals surface area contributed by atoms with Crippen LogP contribution in [0.1, 0.15) is 226 Å². The topological polar surface area (TPSA) is 61.8 Å². The number of hydrogen-bond donors (Lipinski definition) is 0. The van der Waals surface area contributed by atoms with Crippen molar-refractivity contribution >= 4 is 11.9 Å². The molecule has 1 atom stereocenters. The van der Waals surface area contributed by atoms with Gasteiger partial charge in [-0.05, 0) is 83.5 Å². The number of carbonyl (C=O) groups is 2. The lowest BCUT2D eigenvalue weighted by Gasteiger charge is -2.18. The van der Waals surface area contributed by atoms with E-state index in [4.69, 9.17) is 14.2 Å². The van der Waals surface area contributed by atoms with Crippen LogP contribution < -0.4 is 0 Å². The van der Waals surface area contributed by atoms with Gasteiger partial charge in [0.05, 0.1) is 6.61 Å². The fourth-order valence-corrected chi connectivity index (χ4v) is 6.60. The van der Waals surface area contributed by atoms with Gasteiger partial charge in [-0.1, -0.05) is 203 Å². The molecule has 0 N–H and O–H groups in total. The molecule has 5 heteroatoms. The van der Waals surface area contributed by atoms with Gasteiger partial charge in [-0.2, -0.15) is 0 Å². The second-order valence-corrected chi connectivity index (χ2v) is 16.0. The van der Waals surface area contributed by atoms with Crippen LogP contribution in [0.3, 0.4) is 0 Å². The van der Waals surface area contributed by atoms with Gasteiger partial charge in [-0.15, -0.1) is 0 Å². The van der Waals surface area contributed by atoms with E-state index in [9.17, 15) is 9.59 Å². The summed E-state index contributed by atoms with van der Waals surface area (Å²) in [5.74, 6) is -0.421. The second-order valence-electron chi connectivity index (χ2n) is 16.0. The Labute approximate surface area is 359 Å². The van der Waals surface area contributed by atoms with Crippen molar-refractivity contribution in [2.45, 2.75) is 232 Å². The van der Waals surface area contributed by atoms with Gasteiger partial charge in [0.1, 0.15) is 6.61 Å². The third-order valence-corrected chi connectivity index (χ3v) is 10.2. The predicted molar refractivity (Wildman–Crippen MR) is 251 cm³/mol. The molecule has 0 radical (unpaired) electrons. The van der Waals surface area contributed by atoms with Crippen molar-refractivity contribution in [2.75, 3.05) is 19.8 Å². The minimum Gasteiger partial charge on any atom is -0.462 e. The SMILES string of the molecule is CC/C=C\C/C=C\C/C=C\C/C=C\CCCCCCCCCOCC(COC(=O)CCCCCCC/C=C\C/C=C\CCC)OC(=O)CCCCCCCCCCC.